The van der Waals surface area contributed by atoms with Gasteiger partial charge in [0.25, 0.3) is 0 Å². The van der Waals surface area contributed by atoms with Gasteiger partial charge in [0.05, 0.1) is 23.8 Å². The van der Waals surface area contributed by atoms with E-state index in [0.29, 0.717) is 18.4 Å². The van der Waals surface area contributed by atoms with Crippen molar-refractivity contribution in [1.82, 2.24) is 15.3 Å². The Morgan fingerprint density at radius 2 is 1.58 bits per heavy atom. The lowest BCUT2D eigenvalue weighted by atomic mass is 9.99. The van der Waals surface area contributed by atoms with Crippen LogP contribution in [0.2, 0.25) is 0 Å². The van der Waals surface area contributed by atoms with E-state index in [4.69, 9.17) is 4.74 Å². The van der Waals surface area contributed by atoms with E-state index in [-0.39, 0.29) is 0 Å². The Morgan fingerprint density at radius 1 is 0.839 bits per heavy atom. The third-order valence-electron chi connectivity index (χ3n) is 5.73. The molecule has 2 heterocycles. The number of rotatable bonds is 6. The molecule has 0 saturated carbocycles. The number of nitrogens with one attached hydrogen (secondary N) is 2. The molecule has 0 unspecified atom stereocenters. The van der Waals surface area contributed by atoms with E-state index in [9.17, 15) is 0 Å². The molecule has 1 saturated heterocycles. The molecule has 5 nitrogen and oxygen atoms in total. The van der Waals surface area contributed by atoms with Gasteiger partial charge in [-0.1, -0.05) is 42.5 Å². The maximum Gasteiger partial charge on any atom is 0.232 e. The summed E-state index contributed by atoms with van der Waals surface area (Å²) in [7, 11) is 0. The van der Waals surface area contributed by atoms with Crippen LogP contribution in [-0.4, -0.2) is 29.7 Å². The first-order valence-corrected chi connectivity index (χ1v) is 10.9. The first-order chi connectivity index (χ1) is 15.3. The van der Waals surface area contributed by atoms with Crippen LogP contribution < -0.4 is 15.4 Å². The maximum absolute atomic E-state index is 5.95. The summed E-state index contributed by atoms with van der Waals surface area (Å²) in [6.45, 7) is 2.84. The Labute approximate surface area is 182 Å². The molecule has 0 radical (unpaired) electrons. The number of anilines is 2. The van der Waals surface area contributed by atoms with Crippen molar-refractivity contribution in [2.75, 3.05) is 25.0 Å². The fourth-order valence-electron chi connectivity index (χ4n) is 3.94. The average Bonchev–Trinajstić information content (AvgIpc) is 2.84. The van der Waals surface area contributed by atoms with Crippen molar-refractivity contribution in [3.8, 4) is 17.0 Å². The molecule has 0 aliphatic carbocycles. The second-order valence-electron chi connectivity index (χ2n) is 7.98. The molecule has 0 atom stereocenters. The van der Waals surface area contributed by atoms with Gasteiger partial charge in [0.1, 0.15) is 0 Å². The highest BCUT2D eigenvalue weighted by molar-refractivity contribution is 5.80. The summed E-state index contributed by atoms with van der Waals surface area (Å²) in [5.74, 6) is 1.18. The van der Waals surface area contributed by atoms with Gasteiger partial charge < -0.3 is 15.4 Å². The number of aromatic nitrogens is 2. The number of ether oxygens (including phenoxy) is 1. The van der Waals surface area contributed by atoms with Crippen LogP contribution >= 0.6 is 0 Å². The first-order valence-electron chi connectivity index (χ1n) is 10.9. The quantitative estimate of drug-likeness (QED) is 0.445. The van der Waals surface area contributed by atoms with E-state index in [0.717, 1.165) is 48.3 Å². The highest BCUT2D eigenvalue weighted by Gasteiger charge is 2.14. The molecule has 2 N–H and O–H groups in total. The summed E-state index contributed by atoms with van der Waals surface area (Å²) in [6, 6.07) is 24.9. The minimum atomic E-state index is 0.589. The summed E-state index contributed by atoms with van der Waals surface area (Å²) < 4.78 is 5.95. The van der Waals surface area contributed by atoms with Crippen LogP contribution in [0.4, 0.5) is 11.4 Å². The fourth-order valence-corrected chi connectivity index (χ4v) is 3.94. The zero-order valence-corrected chi connectivity index (χ0v) is 17.4. The van der Waals surface area contributed by atoms with Gasteiger partial charge >= 0.3 is 0 Å². The highest BCUT2D eigenvalue weighted by atomic mass is 16.5. The fraction of sp³-hybridized carbons (Fsp3) is 0.231. The summed E-state index contributed by atoms with van der Waals surface area (Å²) in [5.41, 5.74) is 6.11. The molecule has 31 heavy (non-hydrogen) atoms. The number of hydrogen-bond acceptors (Lipinski definition) is 5. The molecule has 0 amide bonds. The summed E-state index contributed by atoms with van der Waals surface area (Å²) in [5, 5.41) is 6.85. The van der Waals surface area contributed by atoms with E-state index >= 15 is 0 Å². The van der Waals surface area contributed by atoms with Crippen LogP contribution in [0.5, 0.6) is 5.88 Å². The lowest BCUT2D eigenvalue weighted by Crippen LogP contribution is -2.30. The van der Waals surface area contributed by atoms with Crippen LogP contribution in [0.15, 0.2) is 79.0 Å². The maximum atomic E-state index is 5.95. The third kappa shape index (κ3) is 4.84. The second-order valence-corrected chi connectivity index (χ2v) is 7.98. The standard InChI is InChI=1S/C26H26N4O/c1-2-4-20(5-3-1)21-6-8-22(9-7-21)29-23-10-11-24-25(16-23)30-26(17-28-24)31-18-19-12-14-27-15-13-19/h1-11,16-17,19,27,29H,12-15,18H2. The van der Waals surface area contributed by atoms with E-state index in [1.165, 1.54) is 11.1 Å². The van der Waals surface area contributed by atoms with Gasteiger partial charge in [0.15, 0.2) is 0 Å². The Kier molecular flexibility index (Phi) is 5.76. The Morgan fingerprint density at radius 3 is 2.39 bits per heavy atom. The van der Waals surface area contributed by atoms with Crippen LogP contribution in [0, 0.1) is 5.92 Å². The average molecular weight is 411 g/mol. The highest BCUT2D eigenvalue weighted by Crippen LogP contribution is 2.25. The van der Waals surface area contributed by atoms with Crippen LogP contribution in [0.25, 0.3) is 22.2 Å². The van der Waals surface area contributed by atoms with Crippen LogP contribution in [0.3, 0.4) is 0 Å². The molecule has 1 fully saturated rings. The predicted octanol–water partition coefficient (Wildman–Crippen LogP) is 5.42. The van der Waals surface area contributed by atoms with E-state index in [1.807, 2.05) is 24.3 Å². The molecule has 1 aromatic heterocycles. The Bertz CT molecular complexity index is 1140. The second kappa shape index (κ2) is 9.14. The van der Waals surface area contributed by atoms with Gasteiger partial charge in [-0.2, -0.15) is 0 Å². The van der Waals surface area contributed by atoms with Crippen molar-refractivity contribution in [3.05, 3.63) is 79.0 Å². The van der Waals surface area contributed by atoms with Crippen LogP contribution in [0.1, 0.15) is 12.8 Å². The van der Waals surface area contributed by atoms with Crippen LogP contribution in [-0.2, 0) is 0 Å². The van der Waals surface area contributed by atoms with E-state index in [2.05, 4.69) is 69.1 Å². The predicted molar refractivity (Wildman–Crippen MR) is 126 cm³/mol. The largest absolute Gasteiger partial charge is 0.476 e. The molecule has 0 bridgehead atoms. The molecule has 5 heteroatoms. The summed E-state index contributed by atoms with van der Waals surface area (Å²) in [6.07, 6.45) is 4.02. The van der Waals surface area contributed by atoms with Crippen molar-refractivity contribution in [2.45, 2.75) is 12.8 Å². The molecule has 156 valence electrons. The molecule has 1 aliphatic heterocycles. The van der Waals surface area contributed by atoms with Crippen molar-refractivity contribution in [2.24, 2.45) is 5.92 Å². The summed E-state index contributed by atoms with van der Waals surface area (Å²) >= 11 is 0. The molecular formula is C26H26N4O. The number of benzene rings is 3. The summed E-state index contributed by atoms with van der Waals surface area (Å²) in [4.78, 5) is 9.19. The van der Waals surface area contributed by atoms with Gasteiger partial charge in [-0.05, 0) is 73.3 Å². The van der Waals surface area contributed by atoms with Crippen molar-refractivity contribution in [1.29, 1.82) is 0 Å². The van der Waals surface area contributed by atoms with Crippen molar-refractivity contribution in [3.63, 3.8) is 0 Å². The van der Waals surface area contributed by atoms with Crippen molar-refractivity contribution >= 4 is 22.4 Å². The zero-order valence-electron chi connectivity index (χ0n) is 17.4. The van der Waals surface area contributed by atoms with Crippen molar-refractivity contribution < 1.29 is 4.74 Å². The molecular weight excluding hydrogens is 384 g/mol. The molecule has 4 aromatic rings. The minimum Gasteiger partial charge on any atom is -0.476 e. The lowest BCUT2D eigenvalue weighted by molar-refractivity contribution is 0.209. The lowest BCUT2D eigenvalue weighted by Gasteiger charge is -2.22. The number of hydrogen-bond donors (Lipinski definition) is 2. The van der Waals surface area contributed by atoms with E-state index < -0.39 is 0 Å². The molecule has 5 rings (SSSR count). The van der Waals surface area contributed by atoms with Gasteiger partial charge in [-0.3, -0.25) is 0 Å². The smallest absolute Gasteiger partial charge is 0.232 e. The Hall–Kier alpha value is -3.44. The van der Waals surface area contributed by atoms with Gasteiger partial charge in [0.2, 0.25) is 5.88 Å². The number of piperidine rings is 1. The number of fused-ring (bicyclic) bond motifs is 1. The molecule has 3 aromatic carbocycles. The van der Waals surface area contributed by atoms with Gasteiger partial charge in [-0.25, -0.2) is 9.97 Å². The molecule has 1 aliphatic rings. The third-order valence-corrected chi connectivity index (χ3v) is 5.73. The Balaban J connectivity index is 1.28. The van der Waals surface area contributed by atoms with E-state index in [1.54, 1.807) is 6.20 Å². The molecule has 0 spiro atoms. The monoisotopic (exact) mass is 410 g/mol. The minimum absolute atomic E-state index is 0.589. The van der Waals surface area contributed by atoms with Gasteiger partial charge in [0, 0.05) is 11.4 Å². The first kappa shape index (κ1) is 19.5. The van der Waals surface area contributed by atoms with Gasteiger partial charge in [-0.15, -0.1) is 0 Å². The normalized spacial score (nSPS) is 14.5. The SMILES string of the molecule is c1ccc(-c2ccc(Nc3ccc4ncc(OCC5CCNCC5)nc4c3)cc2)cc1. The topological polar surface area (TPSA) is 59.1 Å². The zero-order chi connectivity index (χ0) is 20.9. The number of nitrogens with zero attached hydrogens (tertiary/aromatic N) is 2.